The SMILES string of the molecule is CCOP(=O)(Cc1ccc2nc(C(=O)OC)c(O)c(=O)n2c1)OCC. The van der Waals surface area contributed by atoms with E-state index in [4.69, 9.17) is 9.05 Å². The summed E-state index contributed by atoms with van der Waals surface area (Å²) in [6.45, 7) is 3.84. The number of esters is 1. The summed E-state index contributed by atoms with van der Waals surface area (Å²) in [5.74, 6) is -1.74. The zero-order chi connectivity index (χ0) is 18.6. The smallest absolute Gasteiger partial charge is 0.360 e. The van der Waals surface area contributed by atoms with Gasteiger partial charge in [-0.25, -0.2) is 9.78 Å². The first kappa shape index (κ1) is 19.1. The first-order valence-electron chi connectivity index (χ1n) is 7.56. The molecular formula is C15H19N2O7P. The zero-order valence-corrected chi connectivity index (χ0v) is 15.0. The van der Waals surface area contributed by atoms with Crippen LogP contribution in [0.2, 0.25) is 0 Å². The second kappa shape index (κ2) is 7.77. The molecule has 136 valence electrons. The van der Waals surface area contributed by atoms with Crippen LogP contribution in [0.25, 0.3) is 5.65 Å². The number of pyridine rings is 1. The average molecular weight is 370 g/mol. The quantitative estimate of drug-likeness (QED) is 0.581. The molecule has 0 atom stereocenters. The predicted octanol–water partition coefficient (Wildman–Crippen LogP) is 1.95. The van der Waals surface area contributed by atoms with Crippen LogP contribution in [0.15, 0.2) is 23.1 Å². The largest absolute Gasteiger partial charge is 0.501 e. The molecule has 9 nitrogen and oxygen atoms in total. The maximum absolute atomic E-state index is 12.6. The normalized spacial score (nSPS) is 11.6. The Morgan fingerprint density at radius 3 is 2.48 bits per heavy atom. The standard InChI is InChI=1S/C15H19N2O7P/c1-4-23-25(21,24-5-2)9-10-6-7-11-16-12(15(20)22-3)13(18)14(19)17(11)8-10/h6-8,18H,4-5,9H2,1-3H3. The van der Waals surface area contributed by atoms with Crippen LogP contribution in [0.5, 0.6) is 5.75 Å². The Balaban J connectivity index is 2.50. The highest BCUT2D eigenvalue weighted by molar-refractivity contribution is 7.53. The number of ether oxygens (including phenoxy) is 1. The van der Waals surface area contributed by atoms with Gasteiger partial charge in [-0.15, -0.1) is 0 Å². The van der Waals surface area contributed by atoms with Crippen LogP contribution in [0.3, 0.4) is 0 Å². The van der Waals surface area contributed by atoms with E-state index in [1.54, 1.807) is 19.9 Å². The Labute approximate surface area is 143 Å². The van der Waals surface area contributed by atoms with Crippen molar-refractivity contribution in [3.05, 3.63) is 39.9 Å². The summed E-state index contributed by atoms with van der Waals surface area (Å²) >= 11 is 0. The summed E-state index contributed by atoms with van der Waals surface area (Å²) < 4.78 is 28.6. The highest BCUT2D eigenvalue weighted by atomic mass is 31.2. The number of carbonyl (C=O) groups excluding carboxylic acids is 1. The fourth-order valence-electron chi connectivity index (χ4n) is 2.25. The summed E-state index contributed by atoms with van der Waals surface area (Å²) in [5.41, 5.74) is -0.675. The molecular weight excluding hydrogens is 351 g/mol. The number of fused-ring (bicyclic) bond motifs is 1. The molecule has 0 aliphatic heterocycles. The van der Waals surface area contributed by atoms with Crippen LogP contribution in [0.1, 0.15) is 29.9 Å². The van der Waals surface area contributed by atoms with Crippen molar-refractivity contribution >= 4 is 19.2 Å². The van der Waals surface area contributed by atoms with Gasteiger partial charge >= 0.3 is 19.1 Å². The molecule has 0 radical (unpaired) electrons. The first-order chi connectivity index (χ1) is 11.8. The van der Waals surface area contributed by atoms with Gasteiger partial charge < -0.3 is 18.9 Å². The van der Waals surface area contributed by atoms with Gasteiger partial charge in [-0.3, -0.25) is 13.8 Å². The van der Waals surface area contributed by atoms with Crippen molar-refractivity contribution in [2.75, 3.05) is 20.3 Å². The molecule has 10 heteroatoms. The van der Waals surface area contributed by atoms with Crippen molar-refractivity contribution in [1.82, 2.24) is 9.38 Å². The number of carbonyl (C=O) groups is 1. The van der Waals surface area contributed by atoms with E-state index in [9.17, 15) is 19.3 Å². The van der Waals surface area contributed by atoms with E-state index < -0.39 is 30.6 Å². The maximum atomic E-state index is 12.6. The van der Waals surface area contributed by atoms with Crippen LogP contribution < -0.4 is 5.56 Å². The number of methoxy groups -OCH3 is 1. The minimum absolute atomic E-state index is 0.0451. The second-order valence-electron chi connectivity index (χ2n) is 4.98. The van der Waals surface area contributed by atoms with E-state index in [0.29, 0.717) is 5.56 Å². The predicted molar refractivity (Wildman–Crippen MR) is 89.0 cm³/mol. The van der Waals surface area contributed by atoms with Crippen LogP contribution in [-0.2, 0) is 24.5 Å². The van der Waals surface area contributed by atoms with Crippen LogP contribution in [-0.4, -0.2) is 40.8 Å². The lowest BCUT2D eigenvalue weighted by Gasteiger charge is -2.17. The molecule has 2 aromatic heterocycles. The monoisotopic (exact) mass is 370 g/mol. The fraction of sp³-hybridized carbons (Fsp3) is 0.400. The molecule has 25 heavy (non-hydrogen) atoms. The van der Waals surface area contributed by atoms with E-state index in [-0.39, 0.29) is 25.0 Å². The van der Waals surface area contributed by atoms with E-state index >= 15 is 0 Å². The van der Waals surface area contributed by atoms with Crippen LogP contribution >= 0.6 is 7.60 Å². The Kier molecular flexibility index (Phi) is 5.94. The highest BCUT2D eigenvalue weighted by Gasteiger charge is 2.25. The van der Waals surface area contributed by atoms with Gasteiger partial charge in [0.05, 0.1) is 26.5 Å². The number of hydrogen-bond acceptors (Lipinski definition) is 8. The minimum atomic E-state index is -3.35. The van der Waals surface area contributed by atoms with Crippen molar-refractivity contribution in [3.8, 4) is 5.75 Å². The number of aromatic nitrogens is 2. The van der Waals surface area contributed by atoms with Gasteiger partial charge in [0.15, 0.2) is 5.69 Å². The molecule has 0 aliphatic carbocycles. The molecule has 0 spiro atoms. The van der Waals surface area contributed by atoms with E-state index in [1.807, 2.05) is 0 Å². The molecule has 0 saturated heterocycles. The fourth-order valence-corrected chi connectivity index (χ4v) is 3.93. The molecule has 0 amide bonds. The highest BCUT2D eigenvalue weighted by Crippen LogP contribution is 2.51. The van der Waals surface area contributed by atoms with E-state index in [2.05, 4.69) is 9.72 Å². The summed E-state index contributed by atoms with van der Waals surface area (Å²) in [6.07, 6.45) is 1.33. The lowest BCUT2D eigenvalue weighted by molar-refractivity contribution is 0.0590. The van der Waals surface area contributed by atoms with E-state index in [0.717, 1.165) is 11.5 Å². The number of aromatic hydroxyl groups is 1. The van der Waals surface area contributed by atoms with Crippen molar-refractivity contribution in [3.63, 3.8) is 0 Å². The van der Waals surface area contributed by atoms with Gasteiger partial charge in [0.25, 0.3) is 0 Å². The third-order valence-corrected chi connectivity index (χ3v) is 5.32. The Morgan fingerprint density at radius 2 is 1.92 bits per heavy atom. The van der Waals surface area contributed by atoms with Gasteiger partial charge in [-0.2, -0.15) is 0 Å². The first-order valence-corrected chi connectivity index (χ1v) is 9.28. The lowest BCUT2D eigenvalue weighted by atomic mass is 10.3. The van der Waals surface area contributed by atoms with E-state index in [1.165, 1.54) is 12.3 Å². The maximum Gasteiger partial charge on any atom is 0.360 e. The second-order valence-corrected chi connectivity index (χ2v) is 7.03. The van der Waals surface area contributed by atoms with Crippen LogP contribution in [0.4, 0.5) is 0 Å². The summed E-state index contributed by atoms with van der Waals surface area (Å²) in [5, 5.41) is 9.89. The lowest BCUT2D eigenvalue weighted by Crippen LogP contribution is -2.20. The molecule has 0 unspecified atom stereocenters. The van der Waals surface area contributed by atoms with Gasteiger partial charge in [-0.1, -0.05) is 6.07 Å². The summed E-state index contributed by atoms with van der Waals surface area (Å²) in [7, 11) is -2.23. The molecule has 2 rings (SSSR count). The number of rotatable bonds is 7. The van der Waals surface area contributed by atoms with Crippen molar-refractivity contribution in [1.29, 1.82) is 0 Å². The zero-order valence-electron chi connectivity index (χ0n) is 14.1. The Bertz CT molecular complexity index is 883. The number of nitrogens with zero attached hydrogens (tertiary/aromatic N) is 2. The molecule has 0 saturated carbocycles. The van der Waals surface area contributed by atoms with Crippen LogP contribution in [0, 0.1) is 0 Å². The van der Waals surface area contributed by atoms with Gasteiger partial charge in [-0.05, 0) is 25.5 Å². The average Bonchev–Trinajstić information content (AvgIpc) is 2.58. The third kappa shape index (κ3) is 4.07. The van der Waals surface area contributed by atoms with Crippen molar-refractivity contribution < 1.29 is 28.3 Å². The Morgan fingerprint density at radius 1 is 1.28 bits per heavy atom. The third-order valence-electron chi connectivity index (χ3n) is 3.27. The number of hydrogen-bond donors (Lipinski definition) is 1. The summed E-state index contributed by atoms with van der Waals surface area (Å²) in [6, 6.07) is 3.05. The molecule has 0 aromatic carbocycles. The molecule has 2 heterocycles. The van der Waals surface area contributed by atoms with Crippen molar-refractivity contribution in [2.45, 2.75) is 20.0 Å². The molecule has 0 aliphatic rings. The van der Waals surface area contributed by atoms with Crippen molar-refractivity contribution in [2.24, 2.45) is 0 Å². The van der Waals surface area contributed by atoms with Gasteiger partial charge in [0.2, 0.25) is 5.75 Å². The molecule has 2 aromatic rings. The molecule has 1 N–H and O–H groups in total. The molecule has 0 bridgehead atoms. The Hall–Kier alpha value is -2.22. The molecule has 0 fully saturated rings. The topological polar surface area (TPSA) is 116 Å². The minimum Gasteiger partial charge on any atom is -0.501 e. The summed E-state index contributed by atoms with van der Waals surface area (Å²) in [4.78, 5) is 27.8. The van der Waals surface area contributed by atoms with Gasteiger partial charge in [0, 0.05) is 6.20 Å². The van der Waals surface area contributed by atoms with Gasteiger partial charge in [0.1, 0.15) is 5.65 Å².